The Hall–Kier alpha value is -2.60. The maximum Gasteiger partial charge on any atom is 0.259 e. The van der Waals surface area contributed by atoms with Gasteiger partial charge in [0.1, 0.15) is 11.6 Å². The van der Waals surface area contributed by atoms with E-state index in [0.29, 0.717) is 5.75 Å². The number of rotatable bonds is 6. The molecule has 0 bridgehead atoms. The number of halogens is 2. The van der Waals surface area contributed by atoms with E-state index in [9.17, 15) is 9.18 Å². The Kier molecular flexibility index (Phi) is 5.94. The van der Waals surface area contributed by atoms with Gasteiger partial charge in [-0.2, -0.15) is 5.10 Å². The van der Waals surface area contributed by atoms with E-state index in [1.54, 1.807) is 31.4 Å². The number of methoxy groups -OCH3 is 1. The lowest BCUT2D eigenvalue weighted by atomic mass is 10.2. The summed E-state index contributed by atoms with van der Waals surface area (Å²) < 4.78 is 18.6. The molecule has 0 saturated carbocycles. The van der Waals surface area contributed by atoms with Crippen molar-refractivity contribution in [2.45, 2.75) is 0 Å². The first-order chi connectivity index (χ1) is 11.1. The van der Waals surface area contributed by atoms with E-state index >= 15 is 0 Å². The summed E-state index contributed by atoms with van der Waals surface area (Å²) in [6, 6.07) is 11.5. The zero-order chi connectivity index (χ0) is 16.7. The van der Waals surface area contributed by atoms with Gasteiger partial charge in [-0.1, -0.05) is 23.7 Å². The van der Waals surface area contributed by atoms with Crippen LogP contribution in [0.1, 0.15) is 5.56 Å². The predicted octanol–water partition coefficient (Wildman–Crippen LogP) is 3.05. The summed E-state index contributed by atoms with van der Waals surface area (Å²) in [5.41, 5.74) is 3.15. The Balaban J connectivity index is 1.86. The van der Waals surface area contributed by atoms with Crippen LogP contribution in [-0.4, -0.2) is 25.8 Å². The molecular weight excluding hydrogens is 321 g/mol. The fourth-order valence-electron chi connectivity index (χ4n) is 1.76. The third kappa shape index (κ3) is 4.96. The van der Waals surface area contributed by atoms with E-state index in [1.807, 2.05) is 0 Å². The highest BCUT2D eigenvalue weighted by molar-refractivity contribution is 6.33. The molecule has 0 aliphatic heterocycles. The fourth-order valence-corrected chi connectivity index (χ4v) is 1.97. The van der Waals surface area contributed by atoms with Gasteiger partial charge in [0.2, 0.25) is 0 Å². The number of hydrogen-bond donors (Lipinski definition) is 2. The number of benzene rings is 2. The van der Waals surface area contributed by atoms with Gasteiger partial charge in [0.25, 0.3) is 5.91 Å². The molecule has 120 valence electrons. The van der Waals surface area contributed by atoms with Crippen LogP contribution in [0.3, 0.4) is 0 Å². The molecule has 2 N–H and O–H groups in total. The maximum absolute atomic E-state index is 13.5. The van der Waals surface area contributed by atoms with Gasteiger partial charge in [-0.3, -0.25) is 4.79 Å². The summed E-state index contributed by atoms with van der Waals surface area (Å²) in [5, 5.41) is 6.84. The average Bonchev–Trinajstić information content (AvgIpc) is 2.56. The Morgan fingerprint density at radius 2 is 2.13 bits per heavy atom. The van der Waals surface area contributed by atoms with E-state index in [0.717, 1.165) is 5.69 Å². The second-order valence-corrected chi connectivity index (χ2v) is 4.92. The molecule has 0 radical (unpaired) electrons. The molecule has 0 heterocycles. The molecule has 0 aromatic heterocycles. The smallest absolute Gasteiger partial charge is 0.259 e. The number of hydrazone groups is 1. The largest absolute Gasteiger partial charge is 0.497 e. The number of carbonyl (C=O) groups is 1. The second-order valence-electron chi connectivity index (χ2n) is 4.51. The molecule has 1 amide bonds. The number of carbonyl (C=O) groups excluding carboxylic acids is 1. The second kappa shape index (κ2) is 8.14. The van der Waals surface area contributed by atoms with Gasteiger partial charge in [0.15, 0.2) is 0 Å². The summed E-state index contributed by atoms with van der Waals surface area (Å²) >= 11 is 5.85. The van der Waals surface area contributed by atoms with Crippen molar-refractivity contribution in [1.82, 2.24) is 5.43 Å². The highest BCUT2D eigenvalue weighted by atomic mass is 35.5. The molecule has 2 aromatic rings. The van der Waals surface area contributed by atoms with Crippen LogP contribution in [0, 0.1) is 5.82 Å². The minimum Gasteiger partial charge on any atom is -0.497 e. The third-order valence-corrected chi connectivity index (χ3v) is 3.24. The molecule has 5 nitrogen and oxygen atoms in total. The Labute approximate surface area is 138 Å². The standard InChI is InChI=1S/C16H15ClFN3O2/c1-23-12-5-2-4-11(8-12)19-10-16(22)21-20-9-13-14(17)6-3-7-15(13)18/h2-9,19H,10H2,1H3,(H,21,22)/b20-9-. The monoisotopic (exact) mass is 335 g/mol. The Bertz CT molecular complexity index is 702. The van der Waals surface area contributed by atoms with Gasteiger partial charge in [-0.25, -0.2) is 9.82 Å². The van der Waals surface area contributed by atoms with Crippen molar-refractivity contribution < 1.29 is 13.9 Å². The summed E-state index contributed by atoms with van der Waals surface area (Å²) in [7, 11) is 1.56. The molecule has 2 rings (SSSR count). The fraction of sp³-hybridized carbons (Fsp3) is 0.125. The lowest BCUT2D eigenvalue weighted by Gasteiger charge is -2.07. The Morgan fingerprint density at radius 1 is 1.35 bits per heavy atom. The lowest BCUT2D eigenvalue weighted by Crippen LogP contribution is -2.25. The number of anilines is 1. The van der Waals surface area contributed by atoms with Gasteiger partial charge in [0, 0.05) is 17.3 Å². The average molecular weight is 336 g/mol. The topological polar surface area (TPSA) is 62.7 Å². The highest BCUT2D eigenvalue weighted by Crippen LogP contribution is 2.17. The van der Waals surface area contributed by atoms with E-state index in [4.69, 9.17) is 16.3 Å². The van der Waals surface area contributed by atoms with Gasteiger partial charge < -0.3 is 10.1 Å². The van der Waals surface area contributed by atoms with E-state index in [2.05, 4.69) is 15.8 Å². The van der Waals surface area contributed by atoms with Gasteiger partial charge in [-0.05, 0) is 24.3 Å². The summed E-state index contributed by atoms with van der Waals surface area (Å²) in [6.07, 6.45) is 1.17. The summed E-state index contributed by atoms with van der Waals surface area (Å²) in [4.78, 5) is 11.7. The number of nitrogens with one attached hydrogen (secondary N) is 2. The lowest BCUT2D eigenvalue weighted by molar-refractivity contribution is -0.119. The van der Waals surface area contributed by atoms with Crippen LogP contribution in [0.25, 0.3) is 0 Å². The maximum atomic E-state index is 13.5. The molecule has 2 aromatic carbocycles. The van der Waals surface area contributed by atoms with Crippen LogP contribution in [0.2, 0.25) is 5.02 Å². The van der Waals surface area contributed by atoms with Crippen molar-refractivity contribution in [3.8, 4) is 5.75 Å². The zero-order valence-corrected chi connectivity index (χ0v) is 13.1. The van der Waals surface area contributed by atoms with Crippen molar-refractivity contribution in [2.24, 2.45) is 5.10 Å². The summed E-state index contributed by atoms with van der Waals surface area (Å²) in [6.45, 7) is 0.00944. The molecule has 0 fully saturated rings. The third-order valence-electron chi connectivity index (χ3n) is 2.91. The van der Waals surface area contributed by atoms with Crippen LogP contribution in [0.5, 0.6) is 5.75 Å². The number of hydrogen-bond acceptors (Lipinski definition) is 4. The number of amides is 1. The quantitative estimate of drug-likeness (QED) is 0.630. The van der Waals surface area contributed by atoms with Gasteiger partial charge in [0.05, 0.1) is 24.9 Å². The van der Waals surface area contributed by atoms with Crippen molar-refractivity contribution in [1.29, 1.82) is 0 Å². The van der Waals surface area contributed by atoms with Crippen LogP contribution in [-0.2, 0) is 4.79 Å². The van der Waals surface area contributed by atoms with E-state index < -0.39 is 5.82 Å². The van der Waals surface area contributed by atoms with Crippen molar-refractivity contribution in [3.05, 3.63) is 58.9 Å². The van der Waals surface area contributed by atoms with Crippen molar-refractivity contribution >= 4 is 29.4 Å². The predicted molar refractivity (Wildman–Crippen MR) is 88.6 cm³/mol. The van der Waals surface area contributed by atoms with E-state index in [1.165, 1.54) is 24.4 Å². The van der Waals surface area contributed by atoms with Crippen LogP contribution in [0.15, 0.2) is 47.6 Å². The molecule has 23 heavy (non-hydrogen) atoms. The molecule has 0 unspecified atom stereocenters. The van der Waals surface area contributed by atoms with Gasteiger partial charge >= 0.3 is 0 Å². The minimum atomic E-state index is -0.509. The zero-order valence-electron chi connectivity index (χ0n) is 12.3. The number of ether oxygens (including phenoxy) is 1. The first-order valence-corrected chi connectivity index (χ1v) is 7.12. The normalized spacial score (nSPS) is 10.6. The summed E-state index contributed by atoms with van der Waals surface area (Å²) in [5.74, 6) is -0.204. The van der Waals surface area contributed by atoms with Crippen molar-refractivity contribution in [2.75, 3.05) is 19.0 Å². The molecule has 0 aliphatic rings. The first kappa shape index (κ1) is 16.8. The first-order valence-electron chi connectivity index (χ1n) is 6.74. The SMILES string of the molecule is COc1cccc(NCC(=O)N/N=C\c2c(F)cccc2Cl)c1. The Morgan fingerprint density at radius 3 is 2.87 bits per heavy atom. The number of nitrogens with zero attached hydrogens (tertiary/aromatic N) is 1. The molecule has 0 atom stereocenters. The molecule has 0 spiro atoms. The van der Waals surface area contributed by atoms with Crippen molar-refractivity contribution in [3.63, 3.8) is 0 Å². The van der Waals surface area contributed by atoms with E-state index in [-0.39, 0.29) is 23.0 Å². The van der Waals surface area contributed by atoms with Gasteiger partial charge in [-0.15, -0.1) is 0 Å². The minimum absolute atomic E-state index is 0.00944. The molecule has 0 aliphatic carbocycles. The highest BCUT2D eigenvalue weighted by Gasteiger charge is 2.04. The molecule has 0 saturated heterocycles. The molecular formula is C16H15ClFN3O2. The van der Waals surface area contributed by atoms with Crippen LogP contribution < -0.4 is 15.5 Å². The van der Waals surface area contributed by atoms with Crippen LogP contribution in [0.4, 0.5) is 10.1 Å². The van der Waals surface area contributed by atoms with Crippen LogP contribution >= 0.6 is 11.6 Å². The molecule has 7 heteroatoms.